The zero-order valence-electron chi connectivity index (χ0n) is 9.42. The molecule has 0 spiro atoms. The lowest BCUT2D eigenvalue weighted by Gasteiger charge is -2.26. The predicted octanol–water partition coefficient (Wildman–Crippen LogP) is 2.50. The Morgan fingerprint density at radius 2 is 2.06 bits per heavy atom. The van der Waals surface area contributed by atoms with Crippen LogP contribution in [0.3, 0.4) is 0 Å². The van der Waals surface area contributed by atoms with Gasteiger partial charge in [0.2, 0.25) is 0 Å². The summed E-state index contributed by atoms with van der Waals surface area (Å²) in [6.07, 6.45) is 0. The molecular weight excluding hydrogens is 261 g/mol. The average molecular weight is 275 g/mol. The van der Waals surface area contributed by atoms with E-state index in [1.54, 1.807) is 12.1 Å². The zero-order chi connectivity index (χ0) is 12.1. The van der Waals surface area contributed by atoms with E-state index in [4.69, 9.17) is 32.7 Å². The first-order chi connectivity index (χ1) is 8.27. The highest BCUT2D eigenvalue weighted by Gasteiger charge is 2.10. The molecule has 3 nitrogen and oxygen atoms in total. The van der Waals surface area contributed by atoms with Gasteiger partial charge in [-0.3, -0.25) is 4.90 Å². The third-order valence-corrected chi connectivity index (χ3v) is 3.40. The molecule has 93 valence electrons. The van der Waals surface area contributed by atoms with Gasteiger partial charge >= 0.3 is 0 Å². The van der Waals surface area contributed by atoms with Gasteiger partial charge in [-0.2, -0.15) is 0 Å². The molecule has 1 aliphatic heterocycles. The molecule has 17 heavy (non-hydrogen) atoms. The summed E-state index contributed by atoms with van der Waals surface area (Å²) in [5.74, 6) is 0.590. The van der Waals surface area contributed by atoms with Crippen molar-refractivity contribution < 1.29 is 9.47 Å². The van der Waals surface area contributed by atoms with Gasteiger partial charge in [0, 0.05) is 19.6 Å². The molecule has 0 saturated carbocycles. The standard InChI is InChI=1S/C12H14Cl2NO2/c13-10-2-1-3-11(12(10)14)17-9-6-15-4-7-16-8-5-15/h2-3H,4-9H2. The Balaban J connectivity index is 1.79. The van der Waals surface area contributed by atoms with Crippen LogP contribution in [0.2, 0.25) is 10.0 Å². The van der Waals surface area contributed by atoms with Crippen LogP contribution in [0.15, 0.2) is 12.1 Å². The molecule has 1 aliphatic rings. The van der Waals surface area contributed by atoms with E-state index in [2.05, 4.69) is 11.0 Å². The largest absolute Gasteiger partial charge is 0.491 e. The van der Waals surface area contributed by atoms with E-state index >= 15 is 0 Å². The Hall–Kier alpha value is -0.480. The van der Waals surface area contributed by atoms with Crippen LogP contribution >= 0.6 is 23.2 Å². The predicted molar refractivity (Wildman–Crippen MR) is 68.1 cm³/mol. The quantitative estimate of drug-likeness (QED) is 0.842. The van der Waals surface area contributed by atoms with Gasteiger partial charge in [-0.05, 0) is 18.2 Å². The highest BCUT2D eigenvalue weighted by atomic mass is 35.5. The van der Waals surface area contributed by atoms with E-state index in [0.29, 0.717) is 22.4 Å². The van der Waals surface area contributed by atoms with Gasteiger partial charge < -0.3 is 9.47 Å². The molecule has 0 aromatic heterocycles. The van der Waals surface area contributed by atoms with Crippen LogP contribution in [0.5, 0.6) is 5.75 Å². The van der Waals surface area contributed by atoms with Crippen molar-refractivity contribution in [1.29, 1.82) is 0 Å². The van der Waals surface area contributed by atoms with Crippen molar-refractivity contribution in [2.75, 3.05) is 39.5 Å². The summed E-state index contributed by atoms with van der Waals surface area (Å²) in [4.78, 5) is 2.30. The lowest BCUT2D eigenvalue weighted by Crippen LogP contribution is -2.38. The summed E-state index contributed by atoms with van der Waals surface area (Å²) in [5.41, 5.74) is 0. The van der Waals surface area contributed by atoms with Gasteiger partial charge in [-0.1, -0.05) is 23.2 Å². The van der Waals surface area contributed by atoms with Gasteiger partial charge in [-0.25, -0.2) is 0 Å². The molecule has 1 aromatic carbocycles. The number of rotatable bonds is 4. The fraction of sp³-hybridized carbons (Fsp3) is 0.500. The minimum absolute atomic E-state index is 0.451. The van der Waals surface area contributed by atoms with Crippen molar-refractivity contribution in [1.82, 2.24) is 4.90 Å². The molecule has 0 unspecified atom stereocenters. The number of hydrogen-bond acceptors (Lipinski definition) is 3. The van der Waals surface area contributed by atoms with Crippen LogP contribution in [0.1, 0.15) is 0 Å². The highest BCUT2D eigenvalue weighted by Crippen LogP contribution is 2.31. The molecule has 1 saturated heterocycles. The van der Waals surface area contributed by atoms with E-state index in [1.165, 1.54) is 0 Å². The normalized spacial score (nSPS) is 17.1. The first kappa shape index (κ1) is 13.0. The van der Waals surface area contributed by atoms with Gasteiger partial charge in [0.1, 0.15) is 17.4 Å². The monoisotopic (exact) mass is 274 g/mol. The zero-order valence-corrected chi connectivity index (χ0v) is 10.9. The summed E-state index contributed by atoms with van der Waals surface area (Å²) in [6.45, 7) is 4.97. The van der Waals surface area contributed by atoms with Gasteiger partial charge in [0.15, 0.2) is 0 Å². The van der Waals surface area contributed by atoms with Crippen LogP contribution < -0.4 is 4.74 Å². The first-order valence-electron chi connectivity index (χ1n) is 5.55. The molecule has 1 aromatic rings. The number of morpholine rings is 1. The Kier molecular flexibility index (Phi) is 4.92. The lowest BCUT2D eigenvalue weighted by atomic mass is 10.3. The second-order valence-electron chi connectivity index (χ2n) is 3.78. The van der Waals surface area contributed by atoms with E-state index in [-0.39, 0.29) is 0 Å². The molecule has 2 rings (SSSR count). The Bertz CT molecular complexity index is 368. The number of halogens is 2. The highest BCUT2D eigenvalue weighted by molar-refractivity contribution is 6.42. The van der Waals surface area contributed by atoms with Crippen molar-refractivity contribution in [2.24, 2.45) is 0 Å². The smallest absolute Gasteiger partial charge is 0.140 e. The Morgan fingerprint density at radius 3 is 2.82 bits per heavy atom. The Morgan fingerprint density at radius 1 is 1.29 bits per heavy atom. The minimum atomic E-state index is 0.451. The van der Waals surface area contributed by atoms with E-state index < -0.39 is 0 Å². The van der Waals surface area contributed by atoms with Crippen LogP contribution in [-0.2, 0) is 4.74 Å². The lowest BCUT2D eigenvalue weighted by molar-refractivity contribution is 0.0322. The second kappa shape index (κ2) is 6.45. The minimum Gasteiger partial charge on any atom is -0.491 e. The number of hydrogen-bond donors (Lipinski definition) is 0. The summed E-state index contributed by atoms with van der Waals surface area (Å²) >= 11 is 11.9. The molecule has 5 heteroatoms. The SMILES string of the molecule is Clc1c[c]cc(OCCN2CCOCC2)c1Cl. The van der Waals surface area contributed by atoms with Crippen molar-refractivity contribution >= 4 is 23.2 Å². The van der Waals surface area contributed by atoms with E-state index in [0.717, 1.165) is 32.8 Å². The van der Waals surface area contributed by atoms with Gasteiger partial charge in [-0.15, -0.1) is 0 Å². The maximum absolute atomic E-state index is 6.00. The summed E-state index contributed by atoms with van der Waals surface area (Å²) in [6, 6.07) is 6.21. The first-order valence-corrected chi connectivity index (χ1v) is 6.31. The second-order valence-corrected chi connectivity index (χ2v) is 4.57. The topological polar surface area (TPSA) is 21.7 Å². The molecular formula is C12H14Cl2NO2. The molecule has 0 atom stereocenters. The number of benzene rings is 1. The molecule has 0 amide bonds. The fourth-order valence-corrected chi connectivity index (χ4v) is 1.97. The molecule has 0 bridgehead atoms. The van der Waals surface area contributed by atoms with Crippen molar-refractivity contribution in [3.05, 3.63) is 28.2 Å². The van der Waals surface area contributed by atoms with Crippen molar-refractivity contribution in [2.45, 2.75) is 0 Å². The molecule has 1 fully saturated rings. The maximum Gasteiger partial charge on any atom is 0.140 e. The van der Waals surface area contributed by atoms with Crippen molar-refractivity contribution in [3.63, 3.8) is 0 Å². The van der Waals surface area contributed by atoms with Crippen LogP contribution in [0, 0.1) is 6.07 Å². The summed E-state index contributed by atoms with van der Waals surface area (Å²) < 4.78 is 10.9. The average Bonchev–Trinajstić information content (AvgIpc) is 2.36. The van der Waals surface area contributed by atoms with Crippen LogP contribution in [0.25, 0.3) is 0 Å². The Labute approximate surface area is 111 Å². The molecule has 1 heterocycles. The molecule has 1 radical (unpaired) electrons. The maximum atomic E-state index is 6.00. The van der Waals surface area contributed by atoms with Crippen LogP contribution in [0.4, 0.5) is 0 Å². The third-order valence-electron chi connectivity index (χ3n) is 2.62. The molecule has 0 N–H and O–H groups in total. The van der Waals surface area contributed by atoms with Crippen LogP contribution in [-0.4, -0.2) is 44.4 Å². The third kappa shape index (κ3) is 3.75. The number of ether oxygens (including phenoxy) is 2. The van der Waals surface area contributed by atoms with E-state index in [1.807, 2.05) is 0 Å². The van der Waals surface area contributed by atoms with Gasteiger partial charge in [0.05, 0.1) is 18.2 Å². The van der Waals surface area contributed by atoms with Gasteiger partial charge in [0.25, 0.3) is 0 Å². The van der Waals surface area contributed by atoms with E-state index in [9.17, 15) is 0 Å². The summed E-state index contributed by atoms with van der Waals surface area (Å²) in [5, 5.41) is 0.919. The molecule has 0 aliphatic carbocycles. The summed E-state index contributed by atoms with van der Waals surface area (Å²) in [7, 11) is 0. The number of nitrogens with zero attached hydrogens (tertiary/aromatic N) is 1. The fourth-order valence-electron chi connectivity index (χ4n) is 1.65. The van der Waals surface area contributed by atoms with Crippen molar-refractivity contribution in [3.8, 4) is 5.75 Å².